The number of hydrogen-bond acceptors (Lipinski definition) is 3. The molecule has 0 unspecified atom stereocenters. The first-order chi connectivity index (χ1) is 25.3. The average Bonchev–Trinajstić information content (AvgIpc) is 3.58. The molecule has 0 bridgehead atoms. The van der Waals surface area contributed by atoms with Crippen LogP contribution in [-0.4, -0.2) is 0 Å². The van der Waals surface area contributed by atoms with Gasteiger partial charge in [-0.3, -0.25) is 9.80 Å². The van der Waals surface area contributed by atoms with Crippen LogP contribution < -0.4 is 9.80 Å². The van der Waals surface area contributed by atoms with Gasteiger partial charge in [-0.15, -0.1) is 0 Å². The minimum Gasteiger partial charge on any atom is -0.422 e. The van der Waals surface area contributed by atoms with Gasteiger partial charge in [-0.1, -0.05) is 158 Å². The van der Waals surface area contributed by atoms with Crippen molar-refractivity contribution in [2.45, 2.75) is 0 Å². The summed E-state index contributed by atoms with van der Waals surface area (Å²) in [5.74, 6) is 1.47. The van der Waals surface area contributed by atoms with Crippen LogP contribution in [-0.2, 0) is 0 Å². The molecule has 0 spiro atoms. The molecule has 0 amide bonds. The van der Waals surface area contributed by atoms with Gasteiger partial charge in [0.2, 0.25) is 11.8 Å². The predicted molar refractivity (Wildman–Crippen MR) is 214 cm³/mol. The zero-order valence-electron chi connectivity index (χ0n) is 27.9. The molecule has 0 atom stereocenters. The van der Waals surface area contributed by atoms with Gasteiger partial charge in [-0.05, 0) is 81.2 Å². The predicted octanol–water partition coefficient (Wildman–Crippen LogP) is 13.9. The van der Waals surface area contributed by atoms with Crippen molar-refractivity contribution in [3.05, 3.63) is 206 Å². The van der Waals surface area contributed by atoms with E-state index in [0.29, 0.717) is 0 Å². The van der Waals surface area contributed by atoms with Crippen LogP contribution >= 0.6 is 0 Å². The fraction of sp³-hybridized carbons (Fsp3) is 0. The molecule has 9 aromatic rings. The second kappa shape index (κ2) is 13.2. The highest BCUT2D eigenvalue weighted by Gasteiger charge is 2.32. The lowest BCUT2D eigenvalue weighted by Gasteiger charge is -2.25. The number of furan rings is 1. The lowest BCUT2D eigenvalue weighted by Crippen LogP contribution is -2.11. The summed E-state index contributed by atoms with van der Waals surface area (Å²) in [6.45, 7) is 0. The van der Waals surface area contributed by atoms with Gasteiger partial charge in [0.25, 0.3) is 0 Å². The van der Waals surface area contributed by atoms with E-state index in [9.17, 15) is 0 Å². The molecular formula is C48H34N2O. The summed E-state index contributed by atoms with van der Waals surface area (Å²) in [6.07, 6.45) is 0. The molecule has 1 aromatic heterocycles. The Bertz CT molecular complexity index is 2400. The number of rotatable bonds is 8. The first-order valence-electron chi connectivity index (χ1n) is 17.3. The molecule has 0 aliphatic rings. The topological polar surface area (TPSA) is 19.6 Å². The Morgan fingerprint density at radius 3 is 1.00 bits per heavy atom. The van der Waals surface area contributed by atoms with Gasteiger partial charge >= 0.3 is 0 Å². The normalized spacial score (nSPS) is 11.1. The molecule has 0 aliphatic carbocycles. The standard InChI is InChI=1S/C48H34N2O/c1-5-19-37(20-6-1)45-46(38-21-7-2-8-22-38)48(50(42-27-11-4-12-28-42)44-32-30-36-18-14-16-24-40(36)34-44)51-47(45)49(41-25-9-3-10-26-41)43-31-29-35-17-13-15-23-39(35)33-43/h1-34H. The van der Waals surface area contributed by atoms with E-state index < -0.39 is 0 Å². The van der Waals surface area contributed by atoms with E-state index in [2.05, 4.69) is 216 Å². The number of nitrogens with zero attached hydrogens (tertiary/aromatic N) is 2. The van der Waals surface area contributed by atoms with Gasteiger partial charge < -0.3 is 4.42 Å². The highest BCUT2D eigenvalue weighted by molar-refractivity contribution is 6.03. The fourth-order valence-corrected chi connectivity index (χ4v) is 7.02. The second-order valence-corrected chi connectivity index (χ2v) is 12.6. The second-order valence-electron chi connectivity index (χ2n) is 12.6. The van der Waals surface area contributed by atoms with Crippen LogP contribution in [0.5, 0.6) is 0 Å². The summed E-state index contributed by atoms with van der Waals surface area (Å²) in [5, 5.41) is 4.70. The zero-order chi connectivity index (χ0) is 34.0. The molecule has 242 valence electrons. The Hall–Kier alpha value is -6.84. The molecule has 3 nitrogen and oxygen atoms in total. The summed E-state index contributed by atoms with van der Waals surface area (Å²) in [6, 6.07) is 72.5. The lowest BCUT2D eigenvalue weighted by molar-refractivity contribution is 0.581. The van der Waals surface area contributed by atoms with Crippen molar-refractivity contribution in [2.24, 2.45) is 0 Å². The van der Waals surface area contributed by atoms with E-state index in [0.717, 1.165) is 67.5 Å². The van der Waals surface area contributed by atoms with Crippen LogP contribution in [0.2, 0.25) is 0 Å². The van der Waals surface area contributed by atoms with E-state index in [-0.39, 0.29) is 0 Å². The Morgan fingerprint density at radius 1 is 0.275 bits per heavy atom. The van der Waals surface area contributed by atoms with Crippen molar-refractivity contribution in [3.63, 3.8) is 0 Å². The van der Waals surface area contributed by atoms with Gasteiger partial charge in [0.15, 0.2) is 0 Å². The SMILES string of the molecule is c1ccc(-c2c(N(c3ccccc3)c3ccc4ccccc4c3)oc(N(c3ccccc3)c3ccc4ccccc4c3)c2-c2ccccc2)cc1. The molecular weight excluding hydrogens is 621 g/mol. The van der Waals surface area contributed by atoms with Crippen LogP contribution in [0.15, 0.2) is 211 Å². The Labute approximate surface area is 297 Å². The summed E-state index contributed by atoms with van der Waals surface area (Å²) >= 11 is 0. The number of para-hydroxylation sites is 2. The first-order valence-corrected chi connectivity index (χ1v) is 17.3. The summed E-state index contributed by atoms with van der Waals surface area (Å²) in [7, 11) is 0. The molecule has 3 heteroatoms. The van der Waals surface area contributed by atoms with Crippen LogP contribution in [0.3, 0.4) is 0 Å². The largest absolute Gasteiger partial charge is 0.422 e. The van der Waals surface area contributed by atoms with E-state index >= 15 is 0 Å². The minimum atomic E-state index is 0.734. The minimum absolute atomic E-state index is 0.734. The molecule has 8 aromatic carbocycles. The highest BCUT2D eigenvalue weighted by atomic mass is 16.4. The van der Waals surface area contributed by atoms with E-state index in [4.69, 9.17) is 4.42 Å². The Kier molecular flexibility index (Phi) is 7.84. The number of anilines is 6. The lowest BCUT2D eigenvalue weighted by atomic mass is 9.96. The zero-order valence-corrected chi connectivity index (χ0v) is 27.9. The van der Waals surface area contributed by atoms with Crippen LogP contribution in [0, 0.1) is 0 Å². The average molecular weight is 655 g/mol. The van der Waals surface area contributed by atoms with E-state index in [1.165, 1.54) is 10.8 Å². The quantitative estimate of drug-likeness (QED) is 0.163. The molecule has 0 fully saturated rings. The maximum atomic E-state index is 7.47. The molecule has 0 saturated heterocycles. The van der Waals surface area contributed by atoms with Gasteiger partial charge in [0.05, 0.1) is 11.1 Å². The molecule has 0 aliphatic heterocycles. The number of hydrogen-bond donors (Lipinski definition) is 0. The highest BCUT2D eigenvalue weighted by Crippen LogP contribution is 2.54. The summed E-state index contributed by atoms with van der Waals surface area (Å²) < 4.78 is 7.47. The number of fused-ring (bicyclic) bond motifs is 2. The van der Waals surface area contributed by atoms with Crippen molar-refractivity contribution >= 4 is 56.1 Å². The third-order valence-corrected chi connectivity index (χ3v) is 9.41. The van der Waals surface area contributed by atoms with Crippen molar-refractivity contribution in [3.8, 4) is 22.3 Å². The molecule has 0 saturated carbocycles. The summed E-state index contributed by atoms with van der Waals surface area (Å²) in [5.41, 5.74) is 8.17. The van der Waals surface area contributed by atoms with E-state index in [1.54, 1.807) is 0 Å². The van der Waals surface area contributed by atoms with Crippen molar-refractivity contribution in [1.82, 2.24) is 0 Å². The van der Waals surface area contributed by atoms with Crippen molar-refractivity contribution < 1.29 is 4.42 Å². The number of benzene rings is 8. The molecule has 0 N–H and O–H groups in total. The monoisotopic (exact) mass is 654 g/mol. The van der Waals surface area contributed by atoms with Crippen LogP contribution in [0.25, 0.3) is 43.8 Å². The molecule has 9 rings (SSSR count). The molecule has 0 radical (unpaired) electrons. The van der Waals surface area contributed by atoms with E-state index in [1.807, 2.05) is 0 Å². The summed E-state index contributed by atoms with van der Waals surface area (Å²) in [4.78, 5) is 4.52. The Balaban J connectivity index is 1.40. The Morgan fingerprint density at radius 2 is 0.608 bits per heavy atom. The van der Waals surface area contributed by atoms with Crippen LogP contribution in [0.1, 0.15) is 0 Å². The fourth-order valence-electron chi connectivity index (χ4n) is 7.02. The first kappa shape index (κ1) is 30.2. The molecule has 51 heavy (non-hydrogen) atoms. The van der Waals surface area contributed by atoms with Gasteiger partial charge in [0.1, 0.15) is 0 Å². The van der Waals surface area contributed by atoms with Gasteiger partial charge in [-0.25, -0.2) is 0 Å². The smallest absolute Gasteiger partial charge is 0.215 e. The third kappa shape index (κ3) is 5.71. The maximum Gasteiger partial charge on any atom is 0.215 e. The van der Waals surface area contributed by atoms with Crippen LogP contribution in [0.4, 0.5) is 34.5 Å². The van der Waals surface area contributed by atoms with Gasteiger partial charge in [0, 0.05) is 22.7 Å². The molecule has 1 heterocycles. The van der Waals surface area contributed by atoms with Crippen molar-refractivity contribution in [2.75, 3.05) is 9.80 Å². The van der Waals surface area contributed by atoms with Gasteiger partial charge in [-0.2, -0.15) is 0 Å². The maximum absolute atomic E-state index is 7.47. The van der Waals surface area contributed by atoms with Crippen molar-refractivity contribution in [1.29, 1.82) is 0 Å². The third-order valence-electron chi connectivity index (χ3n) is 9.41.